The highest BCUT2D eigenvalue weighted by atomic mass is 16.5. The Hall–Kier alpha value is -2.04. The Morgan fingerprint density at radius 1 is 1.57 bits per heavy atom. The Morgan fingerprint density at radius 2 is 2.29 bits per heavy atom. The van der Waals surface area contributed by atoms with Gasteiger partial charge in [0, 0.05) is 6.07 Å². The van der Waals surface area contributed by atoms with Gasteiger partial charge in [0.05, 0.1) is 18.4 Å². The largest absolute Gasteiger partial charge is 0.497 e. The first-order chi connectivity index (χ1) is 6.69. The molecule has 74 valence electrons. The van der Waals surface area contributed by atoms with Crippen LogP contribution in [0.4, 0.5) is 5.69 Å². The Morgan fingerprint density at radius 3 is 2.79 bits per heavy atom. The highest BCUT2D eigenvalue weighted by Crippen LogP contribution is 2.21. The lowest BCUT2D eigenvalue weighted by molar-refractivity contribution is -0.105. The summed E-state index contributed by atoms with van der Waals surface area (Å²) in [6.07, 6.45) is 0.418. The van der Waals surface area contributed by atoms with E-state index in [1.807, 2.05) is 0 Å². The molecule has 1 amide bonds. The van der Waals surface area contributed by atoms with E-state index < -0.39 is 5.97 Å². The molecular formula is C9H9NO4. The molecule has 1 aromatic carbocycles. The van der Waals surface area contributed by atoms with Crippen molar-refractivity contribution < 1.29 is 19.4 Å². The van der Waals surface area contributed by atoms with Crippen molar-refractivity contribution in [2.45, 2.75) is 0 Å². The second kappa shape index (κ2) is 4.27. The summed E-state index contributed by atoms with van der Waals surface area (Å²) in [7, 11) is 1.46. The van der Waals surface area contributed by atoms with Crippen LogP contribution in [0.2, 0.25) is 0 Å². The third kappa shape index (κ3) is 2.01. The van der Waals surface area contributed by atoms with Crippen LogP contribution in [0.3, 0.4) is 0 Å². The van der Waals surface area contributed by atoms with Crippen LogP contribution in [-0.4, -0.2) is 24.6 Å². The monoisotopic (exact) mass is 195 g/mol. The number of carboxylic acid groups (broad SMARTS) is 1. The van der Waals surface area contributed by atoms with Crippen molar-refractivity contribution in [3.05, 3.63) is 23.8 Å². The van der Waals surface area contributed by atoms with Gasteiger partial charge in [-0.1, -0.05) is 0 Å². The van der Waals surface area contributed by atoms with E-state index >= 15 is 0 Å². The maximum atomic E-state index is 10.7. The molecule has 0 fully saturated rings. The number of hydrogen-bond acceptors (Lipinski definition) is 3. The topological polar surface area (TPSA) is 75.6 Å². The Bertz CT molecular complexity index is 362. The van der Waals surface area contributed by atoms with Crippen LogP contribution in [0.15, 0.2) is 18.2 Å². The summed E-state index contributed by atoms with van der Waals surface area (Å²) >= 11 is 0. The van der Waals surface area contributed by atoms with Crippen LogP contribution < -0.4 is 10.1 Å². The Balaban J connectivity index is 3.16. The highest BCUT2D eigenvalue weighted by Gasteiger charge is 2.10. The number of amides is 1. The summed E-state index contributed by atoms with van der Waals surface area (Å²) in [6, 6.07) is 4.32. The van der Waals surface area contributed by atoms with Crippen molar-refractivity contribution in [1.82, 2.24) is 0 Å². The Kier molecular flexibility index (Phi) is 3.06. The predicted molar refractivity (Wildman–Crippen MR) is 49.6 cm³/mol. The van der Waals surface area contributed by atoms with Crippen molar-refractivity contribution >= 4 is 18.1 Å². The summed E-state index contributed by atoms with van der Waals surface area (Å²) in [4.78, 5) is 20.9. The van der Waals surface area contributed by atoms with Crippen molar-refractivity contribution in [1.29, 1.82) is 0 Å². The van der Waals surface area contributed by atoms with Gasteiger partial charge in [0.2, 0.25) is 6.41 Å². The molecule has 1 rings (SSSR count). The maximum Gasteiger partial charge on any atom is 0.337 e. The molecule has 0 spiro atoms. The van der Waals surface area contributed by atoms with E-state index in [0.717, 1.165) is 0 Å². The zero-order chi connectivity index (χ0) is 10.6. The highest BCUT2D eigenvalue weighted by molar-refractivity contribution is 5.96. The molecule has 2 N–H and O–H groups in total. The molecule has 0 aliphatic carbocycles. The fourth-order valence-corrected chi connectivity index (χ4v) is 1.02. The third-order valence-electron chi connectivity index (χ3n) is 1.67. The van der Waals surface area contributed by atoms with Gasteiger partial charge in [-0.3, -0.25) is 4.79 Å². The number of anilines is 1. The number of carbonyl (C=O) groups excluding carboxylic acids is 1. The Labute approximate surface area is 80.3 Å². The fourth-order valence-electron chi connectivity index (χ4n) is 1.02. The second-order valence-electron chi connectivity index (χ2n) is 2.48. The zero-order valence-electron chi connectivity index (χ0n) is 7.48. The lowest BCUT2D eigenvalue weighted by atomic mass is 10.1. The van der Waals surface area contributed by atoms with Crippen LogP contribution in [0.1, 0.15) is 10.4 Å². The smallest absolute Gasteiger partial charge is 0.337 e. The van der Waals surface area contributed by atoms with Gasteiger partial charge in [0.25, 0.3) is 0 Å². The number of methoxy groups -OCH3 is 1. The molecule has 0 aromatic heterocycles. The summed E-state index contributed by atoms with van der Waals surface area (Å²) in [5.41, 5.74) is 0.241. The first-order valence-corrected chi connectivity index (χ1v) is 3.80. The minimum Gasteiger partial charge on any atom is -0.497 e. The van der Waals surface area contributed by atoms with Crippen molar-refractivity contribution in [2.75, 3.05) is 12.4 Å². The number of aromatic carboxylic acids is 1. The van der Waals surface area contributed by atoms with Crippen LogP contribution in [-0.2, 0) is 4.79 Å². The first-order valence-electron chi connectivity index (χ1n) is 3.80. The van der Waals surface area contributed by atoms with E-state index in [2.05, 4.69) is 5.32 Å². The van der Waals surface area contributed by atoms with E-state index in [1.165, 1.54) is 25.3 Å². The molecule has 0 aliphatic heterocycles. The van der Waals surface area contributed by atoms with Gasteiger partial charge >= 0.3 is 5.97 Å². The lowest BCUT2D eigenvalue weighted by Gasteiger charge is -2.06. The minimum absolute atomic E-state index is 0.0258. The van der Waals surface area contributed by atoms with Gasteiger partial charge in [-0.05, 0) is 12.1 Å². The molecule has 0 unspecified atom stereocenters. The van der Waals surface area contributed by atoms with E-state index in [9.17, 15) is 9.59 Å². The quantitative estimate of drug-likeness (QED) is 0.701. The van der Waals surface area contributed by atoms with Crippen LogP contribution in [0, 0.1) is 0 Å². The number of hydrogen-bond donors (Lipinski definition) is 2. The molecule has 0 heterocycles. The standard InChI is InChI=1S/C9H9NO4/c1-14-6-2-3-7(9(12)13)8(4-6)10-5-11/h2-5H,1H3,(H,10,11)(H,12,13). The normalized spacial score (nSPS) is 9.21. The first kappa shape index (κ1) is 10.0. The average Bonchev–Trinajstić information content (AvgIpc) is 2.17. The van der Waals surface area contributed by atoms with Gasteiger partial charge < -0.3 is 15.2 Å². The molecule has 0 aliphatic rings. The number of nitrogens with one attached hydrogen (secondary N) is 1. The number of ether oxygens (including phenoxy) is 1. The summed E-state index contributed by atoms with van der Waals surface area (Å²) < 4.78 is 4.89. The molecule has 5 nitrogen and oxygen atoms in total. The lowest BCUT2D eigenvalue weighted by Crippen LogP contribution is -2.04. The van der Waals surface area contributed by atoms with E-state index in [0.29, 0.717) is 12.2 Å². The van der Waals surface area contributed by atoms with Gasteiger partial charge in [-0.25, -0.2) is 4.79 Å². The second-order valence-corrected chi connectivity index (χ2v) is 2.48. The van der Waals surface area contributed by atoms with Crippen molar-refractivity contribution in [2.24, 2.45) is 0 Å². The average molecular weight is 195 g/mol. The van der Waals surface area contributed by atoms with E-state index in [4.69, 9.17) is 9.84 Å². The molecule has 14 heavy (non-hydrogen) atoms. The molecule has 0 bridgehead atoms. The summed E-state index contributed by atoms with van der Waals surface area (Å²) in [6.45, 7) is 0. The van der Waals surface area contributed by atoms with Gasteiger partial charge in [-0.15, -0.1) is 0 Å². The minimum atomic E-state index is -1.10. The summed E-state index contributed by atoms with van der Waals surface area (Å²) in [5, 5.41) is 11.0. The van der Waals surface area contributed by atoms with Crippen LogP contribution >= 0.6 is 0 Å². The predicted octanol–water partition coefficient (Wildman–Crippen LogP) is 0.962. The van der Waals surface area contributed by atoms with Crippen molar-refractivity contribution in [3.8, 4) is 5.75 Å². The van der Waals surface area contributed by atoms with E-state index in [-0.39, 0.29) is 11.3 Å². The van der Waals surface area contributed by atoms with Crippen molar-refractivity contribution in [3.63, 3.8) is 0 Å². The number of carboxylic acids is 1. The van der Waals surface area contributed by atoms with Gasteiger partial charge in [-0.2, -0.15) is 0 Å². The zero-order valence-corrected chi connectivity index (χ0v) is 7.48. The third-order valence-corrected chi connectivity index (χ3v) is 1.67. The fraction of sp³-hybridized carbons (Fsp3) is 0.111. The maximum absolute atomic E-state index is 10.7. The summed E-state index contributed by atoms with van der Waals surface area (Å²) in [5.74, 6) is -0.614. The van der Waals surface area contributed by atoms with Crippen LogP contribution in [0.25, 0.3) is 0 Å². The molecular weight excluding hydrogens is 186 g/mol. The number of rotatable bonds is 4. The SMILES string of the molecule is COc1ccc(C(=O)O)c(NC=O)c1. The number of carbonyl (C=O) groups is 2. The number of benzene rings is 1. The van der Waals surface area contributed by atoms with Crippen LogP contribution in [0.5, 0.6) is 5.75 Å². The van der Waals surface area contributed by atoms with Gasteiger partial charge in [0.1, 0.15) is 5.75 Å². The molecule has 0 radical (unpaired) electrons. The molecule has 0 saturated heterocycles. The van der Waals surface area contributed by atoms with E-state index in [1.54, 1.807) is 0 Å². The molecule has 5 heteroatoms. The molecule has 0 saturated carbocycles. The molecule has 0 atom stereocenters. The molecule has 1 aromatic rings. The van der Waals surface area contributed by atoms with Gasteiger partial charge in [0.15, 0.2) is 0 Å².